The van der Waals surface area contributed by atoms with Gasteiger partial charge in [-0.15, -0.1) is 10.2 Å². The van der Waals surface area contributed by atoms with Crippen molar-refractivity contribution in [3.63, 3.8) is 0 Å². The van der Waals surface area contributed by atoms with Gasteiger partial charge in [0, 0.05) is 19.2 Å². The molecule has 0 radical (unpaired) electrons. The standard InChI is InChI=1S/C19H19N3O3S/c1-22-17(13-14-5-3-2-4-6-14)20-21-19(22)26-12-11-25-16-9-7-15(8-10-16)18(23)24/h2-10H,11-13H2,1H3,(H,23,24). The topological polar surface area (TPSA) is 77.2 Å². The van der Waals surface area contributed by atoms with Crippen LogP contribution in [0, 0.1) is 0 Å². The van der Waals surface area contributed by atoms with Crippen molar-refractivity contribution in [1.82, 2.24) is 14.8 Å². The van der Waals surface area contributed by atoms with E-state index in [1.165, 1.54) is 17.7 Å². The summed E-state index contributed by atoms with van der Waals surface area (Å²) in [4.78, 5) is 10.8. The lowest BCUT2D eigenvalue weighted by Gasteiger charge is -2.07. The SMILES string of the molecule is Cn1c(Cc2ccccc2)nnc1SCCOc1ccc(C(=O)O)cc1. The van der Waals surface area contributed by atoms with Crippen molar-refractivity contribution < 1.29 is 14.6 Å². The highest BCUT2D eigenvalue weighted by Gasteiger charge is 2.10. The number of aromatic nitrogens is 3. The number of hydrogen-bond donors (Lipinski definition) is 1. The summed E-state index contributed by atoms with van der Waals surface area (Å²) >= 11 is 1.58. The first-order valence-electron chi connectivity index (χ1n) is 8.14. The minimum absolute atomic E-state index is 0.247. The Balaban J connectivity index is 1.48. The monoisotopic (exact) mass is 369 g/mol. The van der Waals surface area contributed by atoms with Crippen molar-refractivity contribution in [2.24, 2.45) is 7.05 Å². The highest BCUT2D eigenvalue weighted by Crippen LogP contribution is 2.18. The van der Waals surface area contributed by atoms with Crippen molar-refractivity contribution in [3.8, 4) is 5.75 Å². The van der Waals surface area contributed by atoms with Gasteiger partial charge in [0.1, 0.15) is 11.6 Å². The number of nitrogens with zero attached hydrogens (tertiary/aromatic N) is 3. The molecule has 1 heterocycles. The molecule has 0 amide bonds. The predicted molar refractivity (Wildman–Crippen MR) is 99.9 cm³/mol. The van der Waals surface area contributed by atoms with Crippen molar-refractivity contribution in [2.75, 3.05) is 12.4 Å². The van der Waals surface area contributed by atoms with Crippen LogP contribution >= 0.6 is 11.8 Å². The third-order valence-electron chi connectivity index (χ3n) is 3.81. The third kappa shape index (κ3) is 4.64. The minimum Gasteiger partial charge on any atom is -0.493 e. The summed E-state index contributed by atoms with van der Waals surface area (Å²) in [6.07, 6.45) is 0.747. The Labute approximate surface area is 155 Å². The molecule has 0 aliphatic carbocycles. The van der Waals surface area contributed by atoms with E-state index in [0.29, 0.717) is 12.4 Å². The van der Waals surface area contributed by atoms with Gasteiger partial charge >= 0.3 is 5.97 Å². The quantitative estimate of drug-likeness (QED) is 0.485. The molecule has 134 valence electrons. The van der Waals surface area contributed by atoms with Gasteiger partial charge in [-0.3, -0.25) is 0 Å². The molecular formula is C19H19N3O3S. The number of aromatic carboxylic acids is 1. The van der Waals surface area contributed by atoms with E-state index in [-0.39, 0.29) is 5.56 Å². The number of carboxylic acid groups (broad SMARTS) is 1. The number of carboxylic acids is 1. The number of benzene rings is 2. The Kier molecular flexibility index (Phi) is 5.91. The minimum atomic E-state index is -0.944. The second kappa shape index (κ2) is 8.53. The van der Waals surface area contributed by atoms with Crippen LogP contribution in [-0.4, -0.2) is 38.2 Å². The average molecular weight is 369 g/mol. The van der Waals surface area contributed by atoms with Crippen LogP contribution in [0.1, 0.15) is 21.7 Å². The van der Waals surface area contributed by atoms with Gasteiger partial charge in [-0.2, -0.15) is 0 Å². The highest BCUT2D eigenvalue weighted by molar-refractivity contribution is 7.99. The van der Waals surface area contributed by atoms with Crippen LogP contribution in [0.4, 0.5) is 0 Å². The molecule has 0 aliphatic rings. The lowest BCUT2D eigenvalue weighted by Crippen LogP contribution is -2.03. The molecule has 0 unspecified atom stereocenters. The summed E-state index contributed by atoms with van der Waals surface area (Å²) in [5, 5.41) is 18.2. The Bertz CT molecular complexity index is 863. The van der Waals surface area contributed by atoms with Crippen molar-refractivity contribution >= 4 is 17.7 Å². The summed E-state index contributed by atoms with van der Waals surface area (Å²) in [7, 11) is 1.96. The third-order valence-corrected chi connectivity index (χ3v) is 4.80. The number of thioether (sulfide) groups is 1. The molecule has 0 spiro atoms. The summed E-state index contributed by atoms with van der Waals surface area (Å²) in [6.45, 7) is 0.498. The first-order valence-corrected chi connectivity index (χ1v) is 9.13. The zero-order valence-corrected chi connectivity index (χ0v) is 15.1. The van der Waals surface area contributed by atoms with E-state index < -0.39 is 5.97 Å². The van der Waals surface area contributed by atoms with Crippen LogP contribution in [0.2, 0.25) is 0 Å². The van der Waals surface area contributed by atoms with Crippen LogP contribution in [0.15, 0.2) is 59.8 Å². The molecule has 26 heavy (non-hydrogen) atoms. The Morgan fingerprint density at radius 3 is 2.54 bits per heavy atom. The molecule has 3 rings (SSSR count). The van der Waals surface area contributed by atoms with E-state index in [1.807, 2.05) is 29.8 Å². The summed E-state index contributed by atoms with van der Waals surface area (Å²) in [5.41, 5.74) is 1.45. The molecule has 3 aromatic rings. The van der Waals surface area contributed by atoms with E-state index in [0.717, 1.165) is 23.2 Å². The number of rotatable bonds is 8. The Hall–Kier alpha value is -2.80. The fourth-order valence-corrected chi connectivity index (χ4v) is 3.14. The Morgan fingerprint density at radius 1 is 1.12 bits per heavy atom. The van der Waals surface area contributed by atoms with Crippen LogP contribution in [0.25, 0.3) is 0 Å². The van der Waals surface area contributed by atoms with Crippen molar-refractivity contribution in [3.05, 3.63) is 71.5 Å². The molecule has 6 nitrogen and oxygen atoms in total. The average Bonchev–Trinajstić information content (AvgIpc) is 3.00. The van der Waals surface area contributed by atoms with Gasteiger partial charge in [-0.1, -0.05) is 42.1 Å². The summed E-state index contributed by atoms with van der Waals surface area (Å²) in [6, 6.07) is 16.6. The van der Waals surface area contributed by atoms with Crippen LogP contribution < -0.4 is 4.74 Å². The van der Waals surface area contributed by atoms with Crippen LogP contribution in [0.3, 0.4) is 0 Å². The molecule has 1 N–H and O–H groups in total. The van der Waals surface area contributed by atoms with Gasteiger partial charge in [0.25, 0.3) is 0 Å². The van der Waals surface area contributed by atoms with Gasteiger partial charge in [-0.05, 0) is 29.8 Å². The first kappa shape index (κ1) is 18.0. The maximum atomic E-state index is 10.8. The first-order chi connectivity index (χ1) is 12.6. The van der Waals surface area contributed by atoms with E-state index in [1.54, 1.807) is 23.9 Å². The Morgan fingerprint density at radius 2 is 1.85 bits per heavy atom. The summed E-state index contributed by atoms with van der Waals surface area (Å²) < 4.78 is 7.63. The fraction of sp³-hybridized carbons (Fsp3) is 0.211. The predicted octanol–water partition coefficient (Wildman–Crippen LogP) is 3.28. The van der Waals surface area contributed by atoms with Crippen molar-refractivity contribution in [1.29, 1.82) is 0 Å². The molecule has 7 heteroatoms. The van der Waals surface area contributed by atoms with Gasteiger partial charge < -0.3 is 14.4 Å². The lowest BCUT2D eigenvalue weighted by atomic mass is 10.1. The number of hydrogen-bond acceptors (Lipinski definition) is 5. The van der Waals surface area contributed by atoms with Gasteiger partial charge in [0.15, 0.2) is 5.16 Å². The second-order valence-electron chi connectivity index (χ2n) is 5.65. The second-order valence-corrected chi connectivity index (χ2v) is 6.71. The maximum Gasteiger partial charge on any atom is 0.335 e. The number of ether oxygens (including phenoxy) is 1. The molecule has 0 fully saturated rings. The van der Waals surface area contributed by atoms with Crippen molar-refractivity contribution in [2.45, 2.75) is 11.6 Å². The molecule has 0 saturated carbocycles. The molecule has 0 bridgehead atoms. The molecular weight excluding hydrogens is 350 g/mol. The van der Waals surface area contributed by atoms with E-state index >= 15 is 0 Å². The zero-order chi connectivity index (χ0) is 18.4. The molecule has 1 aromatic heterocycles. The van der Waals surface area contributed by atoms with Gasteiger partial charge in [0.05, 0.1) is 12.2 Å². The van der Waals surface area contributed by atoms with Gasteiger partial charge in [0.2, 0.25) is 0 Å². The zero-order valence-electron chi connectivity index (χ0n) is 14.3. The fourth-order valence-electron chi connectivity index (χ4n) is 2.39. The normalized spacial score (nSPS) is 10.7. The van der Waals surface area contributed by atoms with Crippen LogP contribution in [-0.2, 0) is 13.5 Å². The lowest BCUT2D eigenvalue weighted by molar-refractivity contribution is 0.0697. The molecule has 0 aliphatic heterocycles. The number of carbonyl (C=O) groups is 1. The summed E-state index contributed by atoms with van der Waals surface area (Å²) in [5.74, 6) is 1.35. The largest absolute Gasteiger partial charge is 0.493 e. The van der Waals surface area contributed by atoms with E-state index in [2.05, 4.69) is 22.3 Å². The molecule has 0 saturated heterocycles. The van der Waals surface area contributed by atoms with E-state index in [4.69, 9.17) is 9.84 Å². The molecule has 0 atom stereocenters. The highest BCUT2D eigenvalue weighted by atomic mass is 32.2. The van der Waals surface area contributed by atoms with E-state index in [9.17, 15) is 4.79 Å². The van der Waals surface area contributed by atoms with Crippen LogP contribution in [0.5, 0.6) is 5.75 Å². The maximum absolute atomic E-state index is 10.8. The molecule has 2 aromatic carbocycles. The smallest absolute Gasteiger partial charge is 0.335 e. The van der Waals surface area contributed by atoms with Gasteiger partial charge in [-0.25, -0.2) is 4.79 Å².